The molecule has 9 heteroatoms. The van der Waals surface area contributed by atoms with Gasteiger partial charge in [0.05, 0.1) is 13.0 Å². The van der Waals surface area contributed by atoms with Gasteiger partial charge in [0, 0.05) is 43.6 Å². The number of carbonyl (C=O) groups excluding carboxylic acids is 2. The summed E-state index contributed by atoms with van der Waals surface area (Å²) in [7, 11) is 1.59. The number of methoxy groups -OCH3 is 1. The number of hydrogen-bond donors (Lipinski definition) is 1. The van der Waals surface area contributed by atoms with Crippen LogP contribution in [0.3, 0.4) is 0 Å². The van der Waals surface area contributed by atoms with Gasteiger partial charge in [-0.15, -0.1) is 0 Å². The van der Waals surface area contributed by atoms with Gasteiger partial charge in [-0.25, -0.2) is 9.59 Å². The van der Waals surface area contributed by atoms with E-state index in [0.29, 0.717) is 44.8 Å². The molecule has 4 rings (SSSR count). The minimum Gasteiger partial charge on any atom is -0.497 e. The fourth-order valence-corrected chi connectivity index (χ4v) is 4.96. The molecule has 0 radical (unpaired) electrons. The molecule has 0 aromatic heterocycles. The van der Waals surface area contributed by atoms with Crippen molar-refractivity contribution in [2.24, 2.45) is 11.8 Å². The van der Waals surface area contributed by atoms with Crippen LogP contribution in [-0.4, -0.2) is 67.0 Å². The third-order valence-electron chi connectivity index (χ3n) is 6.81. The highest BCUT2D eigenvalue weighted by molar-refractivity contribution is 6.06. The summed E-state index contributed by atoms with van der Waals surface area (Å²) >= 11 is 0. The number of rotatable bonds is 7. The van der Waals surface area contributed by atoms with Crippen LogP contribution in [-0.2, 0) is 16.0 Å². The van der Waals surface area contributed by atoms with Gasteiger partial charge < -0.3 is 19.5 Å². The predicted molar refractivity (Wildman–Crippen MR) is 140 cm³/mol. The Morgan fingerprint density at radius 2 is 1.68 bits per heavy atom. The van der Waals surface area contributed by atoms with Gasteiger partial charge in [0.25, 0.3) is 0 Å². The van der Waals surface area contributed by atoms with Crippen molar-refractivity contribution in [1.82, 2.24) is 4.90 Å². The second kappa shape index (κ2) is 10.7. The van der Waals surface area contributed by atoms with Crippen LogP contribution in [0.15, 0.2) is 48.5 Å². The molecule has 2 aliphatic heterocycles. The highest BCUT2D eigenvalue weighted by Crippen LogP contribution is 2.31. The van der Waals surface area contributed by atoms with Gasteiger partial charge in [-0.1, -0.05) is 18.2 Å². The Bertz CT molecular complexity index is 1160. The molecule has 2 atom stereocenters. The zero-order valence-corrected chi connectivity index (χ0v) is 21.8. The number of benzene rings is 2. The van der Waals surface area contributed by atoms with E-state index in [4.69, 9.17) is 9.47 Å². The molecule has 2 saturated heterocycles. The molecule has 0 saturated carbocycles. The smallest absolute Gasteiger partial charge is 0.410 e. The number of ether oxygens (including phenoxy) is 2. The molecule has 198 valence electrons. The number of carboxylic acids is 1. The lowest BCUT2D eigenvalue weighted by Crippen LogP contribution is -2.36. The molecule has 2 heterocycles. The Morgan fingerprint density at radius 3 is 2.30 bits per heavy atom. The molecular weight excluding hydrogens is 474 g/mol. The molecular formula is C28H35N3O6. The second-order valence-corrected chi connectivity index (χ2v) is 10.6. The number of carboxylic acid groups (broad SMARTS) is 1. The topological polar surface area (TPSA) is 99.6 Å². The Kier molecular flexibility index (Phi) is 7.61. The SMILES string of the molecule is COc1cccc(N2CCN(c3cccc(C[C@H](C(=O)O)[C@H]4CCN(C(=O)OC(C)(C)C)C4)c3)C2=O)c1. The van der Waals surface area contributed by atoms with Crippen LogP contribution in [0.5, 0.6) is 5.75 Å². The lowest BCUT2D eigenvalue weighted by Gasteiger charge is -2.25. The first-order chi connectivity index (χ1) is 17.6. The highest BCUT2D eigenvalue weighted by Gasteiger charge is 2.37. The summed E-state index contributed by atoms with van der Waals surface area (Å²) in [5, 5.41) is 10.0. The average Bonchev–Trinajstić information content (AvgIpc) is 3.49. The zero-order chi connectivity index (χ0) is 26.7. The van der Waals surface area contributed by atoms with Crippen molar-refractivity contribution in [3.63, 3.8) is 0 Å². The molecule has 2 aromatic carbocycles. The number of anilines is 2. The molecule has 0 aliphatic carbocycles. The first-order valence-electron chi connectivity index (χ1n) is 12.6. The van der Waals surface area contributed by atoms with Crippen molar-refractivity contribution in [2.75, 3.05) is 43.1 Å². The quantitative estimate of drug-likeness (QED) is 0.584. The van der Waals surface area contributed by atoms with Crippen LogP contribution in [0.1, 0.15) is 32.8 Å². The van der Waals surface area contributed by atoms with E-state index in [1.807, 2.05) is 69.3 Å². The van der Waals surface area contributed by atoms with Gasteiger partial charge in [-0.2, -0.15) is 0 Å². The Hall–Kier alpha value is -3.75. The number of nitrogens with zero attached hydrogens (tertiary/aromatic N) is 3. The van der Waals surface area contributed by atoms with E-state index in [0.717, 1.165) is 16.9 Å². The molecule has 0 unspecified atom stereocenters. The molecule has 0 spiro atoms. The molecule has 37 heavy (non-hydrogen) atoms. The lowest BCUT2D eigenvalue weighted by atomic mass is 9.86. The Labute approximate surface area is 217 Å². The van der Waals surface area contributed by atoms with Gasteiger partial charge in [0.2, 0.25) is 0 Å². The van der Waals surface area contributed by atoms with Crippen molar-refractivity contribution in [3.8, 4) is 5.75 Å². The maximum atomic E-state index is 13.2. The maximum absolute atomic E-state index is 13.2. The van der Waals surface area contributed by atoms with E-state index in [9.17, 15) is 19.5 Å². The highest BCUT2D eigenvalue weighted by atomic mass is 16.6. The summed E-state index contributed by atoms with van der Waals surface area (Å²) < 4.78 is 10.7. The number of urea groups is 1. The first-order valence-corrected chi connectivity index (χ1v) is 12.6. The maximum Gasteiger partial charge on any atom is 0.410 e. The van der Waals surface area contributed by atoms with Crippen molar-refractivity contribution < 1.29 is 29.0 Å². The average molecular weight is 510 g/mol. The van der Waals surface area contributed by atoms with Gasteiger partial charge in [-0.3, -0.25) is 14.6 Å². The monoisotopic (exact) mass is 509 g/mol. The van der Waals surface area contributed by atoms with E-state index in [1.54, 1.807) is 21.8 Å². The fourth-order valence-electron chi connectivity index (χ4n) is 4.96. The zero-order valence-electron chi connectivity index (χ0n) is 21.8. The largest absolute Gasteiger partial charge is 0.497 e. The summed E-state index contributed by atoms with van der Waals surface area (Å²) in [5.41, 5.74) is 1.74. The summed E-state index contributed by atoms with van der Waals surface area (Å²) in [5.74, 6) is -1.03. The van der Waals surface area contributed by atoms with Crippen LogP contribution in [0.25, 0.3) is 0 Å². The first kappa shape index (κ1) is 26.3. The number of likely N-dealkylation sites (tertiary alicyclic amines) is 1. The van der Waals surface area contributed by atoms with Crippen molar-refractivity contribution in [1.29, 1.82) is 0 Å². The van der Waals surface area contributed by atoms with Gasteiger partial charge in [0.15, 0.2) is 0 Å². The van der Waals surface area contributed by atoms with E-state index in [1.165, 1.54) is 0 Å². The fraction of sp³-hybridized carbons (Fsp3) is 0.464. The van der Waals surface area contributed by atoms with Gasteiger partial charge in [0.1, 0.15) is 11.4 Å². The summed E-state index contributed by atoms with van der Waals surface area (Å²) in [4.78, 5) is 42.9. The summed E-state index contributed by atoms with van der Waals surface area (Å²) in [6, 6.07) is 14.8. The normalized spacial score (nSPS) is 18.8. The van der Waals surface area contributed by atoms with Crippen LogP contribution in [0, 0.1) is 11.8 Å². The summed E-state index contributed by atoms with van der Waals surface area (Å²) in [6.45, 7) is 7.33. The second-order valence-electron chi connectivity index (χ2n) is 10.6. The van der Waals surface area contributed by atoms with E-state index in [-0.39, 0.29) is 11.9 Å². The molecule has 3 amide bonds. The van der Waals surface area contributed by atoms with Gasteiger partial charge >= 0.3 is 18.1 Å². The van der Waals surface area contributed by atoms with Crippen LogP contribution in [0.4, 0.5) is 21.0 Å². The standard InChI is InChI=1S/C28H35N3O6/c1-28(2,3)37-27(35)29-12-11-20(18-29)24(25(32)33)16-19-7-5-8-21(15-19)30-13-14-31(26(30)34)22-9-6-10-23(17-22)36-4/h5-10,15,17,20,24H,11-14,16,18H2,1-4H3,(H,32,33)/t20-,24-/m0/s1. The molecule has 2 aromatic rings. The molecule has 2 aliphatic rings. The minimum atomic E-state index is -0.886. The number of carbonyl (C=O) groups is 3. The molecule has 2 fully saturated rings. The molecule has 1 N–H and O–H groups in total. The van der Waals surface area contributed by atoms with Crippen LogP contribution < -0.4 is 14.5 Å². The third-order valence-corrected chi connectivity index (χ3v) is 6.81. The Morgan fingerprint density at radius 1 is 1.03 bits per heavy atom. The Balaban J connectivity index is 1.44. The van der Waals surface area contributed by atoms with E-state index in [2.05, 4.69) is 0 Å². The van der Waals surface area contributed by atoms with Crippen molar-refractivity contribution >= 4 is 29.5 Å². The summed E-state index contributed by atoms with van der Waals surface area (Å²) in [6.07, 6.45) is 0.516. The number of aliphatic carboxylic acids is 1. The van der Waals surface area contributed by atoms with Crippen molar-refractivity contribution in [3.05, 3.63) is 54.1 Å². The number of amides is 3. The minimum absolute atomic E-state index is 0.135. The van der Waals surface area contributed by atoms with E-state index < -0.39 is 23.6 Å². The number of hydrogen-bond acceptors (Lipinski definition) is 5. The lowest BCUT2D eigenvalue weighted by molar-refractivity contribution is -0.143. The molecule has 0 bridgehead atoms. The van der Waals surface area contributed by atoms with E-state index >= 15 is 0 Å². The van der Waals surface area contributed by atoms with Gasteiger partial charge in [-0.05, 0) is 69.4 Å². The van der Waals surface area contributed by atoms with Crippen LogP contribution >= 0.6 is 0 Å². The molecule has 9 nitrogen and oxygen atoms in total. The van der Waals surface area contributed by atoms with Crippen LogP contribution in [0.2, 0.25) is 0 Å². The predicted octanol–water partition coefficient (Wildman–Crippen LogP) is 4.64. The third kappa shape index (κ3) is 6.15. The van der Waals surface area contributed by atoms with Crippen molar-refractivity contribution in [2.45, 2.75) is 39.2 Å².